The summed E-state index contributed by atoms with van der Waals surface area (Å²) in [6.45, 7) is 3.60. The van der Waals surface area contributed by atoms with Crippen molar-refractivity contribution in [3.05, 3.63) is 47.5 Å². The third-order valence-corrected chi connectivity index (χ3v) is 3.53. The maximum absolute atomic E-state index is 11.8. The molecule has 0 saturated carbocycles. The van der Waals surface area contributed by atoms with Gasteiger partial charge in [0.25, 0.3) is 0 Å². The first kappa shape index (κ1) is 17.1. The third kappa shape index (κ3) is 4.03. The zero-order valence-electron chi connectivity index (χ0n) is 13.7. The molecule has 0 bridgehead atoms. The smallest absolute Gasteiger partial charge is 0.400 e. The van der Waals surface area contributed by atoms with Crippen LogP contribution in [0.4, 0.5) is 0 Å². The standard InChI is InChI=1S/C18H16ClNO5/c1-3-22-17(21)11(2)23-15-9-8-12(19)10-16(15)25-18-20-13-6-4-5-7-14(13)24-18/h4-11H,3H2,1-2H3/t11-/m1/s1. The second-order valence-electron chi connectivity index (χ2n) is 5.15. The molecule has 2 aromatic carbocycles. The normalized spacial score (nSPS) is 12.0. The maximum atomic E-state index is 11.8. The molecule has 0 aliphatic heterocycles. The Morgan fingerprint density at radius 2 is 2.04 bits per heavy atom. The van der Waals surface area contributed by atoms with Gasteiger partial charge in [-0.2, -0.15) is 4.98 Å². The van der Waals surface area contributed by atoms with Gasteiger partial charge in [0, 0.05) is 11.1 Å². The van der Waals surface area contributed by atoms with Gasteiger partial charge in [-0.3, -0.25) is 0 Å². The lowest BCUT2D eigenvalue weighted by Gasteiger charge is -2.15. The van der Waals surface area contributed by atoms with Crippen LogP contribution in [0.15, 0.2) is 46.9 Å². The highest BCUT2D eigenvalue weighted by atomic mass is 35.5. The van der Waals surface area contributed by atoms with Crippen molar-refractivity contribution in [3.8, 4) is 17.6 Å². The van der Waals surface area contributed by atoms with Crippen LogP contribution in [-0.4, -0.2) is 23.7 Å². The molecule has 0 spiro atoms. The monoisotopic (exact) mass is 361 g/mol. The van der Waals surface area contributed by atoms with Crippen molar-refractivity contribution in [1.29, 1.82) is 0 Å². The molecule has 130 valence electrons. The predicted molar refractivity (Wildman–Crippen MR) is 92.3 cm³/mol. The number of hydrogen-bond acceptors (Lipinski definition) is 6. The lowest BCUT2D eigenvalue weighted by Crippen LogP contribution is -2.26. The van der Waals surface area contributed by atoms with Crippen molar-refractivity contribution >= 4 is 28.7 Å². The SMILES string of the molecule is CCOC(=O)[C@@H](C)Oc1ccc(Cl)cc1Oc1nc2ccccc2o1. The van der Waals surface area contributed by atoms with Crippen LogP contribution in [0.3, 0.4) is 0 Å². The van der Waals surface area contributed by atoms with Gasteiger partial charge in [0.1, 0.15) is 5.52 Å². The van der Waals surface area contributed by atoms with Crippen LogP contribution in [0.25, 0.3) is 11.1 Å². The van der Waals surface area contributed by atoms with Gasteiger partial charge in [-0.05, 0) is 38.1 Å². The number of ether oxygens (including phenoxy) is 3. The molecular weight excluding hydrogens is 346 g/mol. The number of esters is 1. The second kappa shape index (κ2) is 7.44. The summed E-state index contributed by atoms with van der Waals surface area (Å²) in [6, 6.07) is 12.1. The number of oxazole rings is 1. The number of fused-ring (bicyclic) bond motifs is 1. The van der Waals surface area contributed by atoms with E-state index in [1.54, 1.807) is 38.1 Å². The summed E-state index contributed by atoms with van der Waals surface area (Å²) < 4.78 is 21.8. The molecule has 1 heterocycles. The van der Waals surface area contributed by atoms with E-state index in [9.17, 15) is 4.79 Å². The molecule has 25 heavy (non-hydrogen) atoms. The molecule has 0 amide bonds. The van der Waals surface area contributed by atoms with Gasteiger partial charge in [-0.25, -0.2) is 4.79 Å². The van der Waals surface area contributed by atoms with Gasteiger partial charge < -0.3 is 18.6 Å². The Morgan fingerprint density at radius 3 is 2.80 bits per heavy atom. The van der Waals surface area contributed by atoms with Crippen LogP contribution < -0.4 is 9.47 Å². The van der Waals surface area contributed by atoms with Crippen molar-refractivity contribution in [1.82, 2.24) is 4.98 Å². The summed E-state index contributed by atoms with van der Waals surface area (Å²) in [6.07, 6.45) is -0.746. The molecule has 6 nitrogen and oxygen atoms in total. The molecule has 3 rings (SSSR count). The van der Waals surface area contributed by atoms with Crippen LogP contribution >= 0.6 is 11.6 Å². The van der Waals surface area contributed by atoms with E-state index in [2.05, 4.69) is 4.98 Å². The highest BCUT2D eigenvalue weighted by Gasteiger charge is 2.19. The summed E-state index contributed by atoms with van der Waals surface area (Å²) in [4.78, 5) is 16.0. The van der Waals surface area contributed by atoms with Crippen molar-refractivity contribution in [2.75, 3.05) is 6.61 Å². The fraction of sp³-hybridized carbons (Fsp3) is 0.222. The van der Waals surface area contributed by atoms with Crippen LogP contribution in [-0.2, 0) is 9.53 Å². The van der Waals surface area contributed by atoms with Gasteiger partial charge in [0.15, 0.2) is 23.2 Å². The fourth-order valence-corrected chi connectivity index (χ4v) is 2.31. The predicted octanol–water partition coefficient (Wildman–Crippen LogP) is 4.60. The molecule has 3 aromatic rings. The second-order valence-corrected chi connectivity index (χ2v) is 5.59. The molecule has 0 unspecified atom stereocenters. The van der Waals surface area contributed by atoms with Crippen molar-refractivity contribution in [2.45, 2.75) is 20.0 Å². The molecule has 1 aromatic heterocycles. The Labute approximate surface area is 149 Å². The van der Waals surface area contributed by atoms with E-state index < -0.39 is 12.1 Å². The minimum Gasteiger partial charge on any atom is -0.475 e. The van der Waals surface area contributed by atoms with Gasteiger partial charge in [-0.1, -0.05) is 23.7 Å². The minimum atomic E-state index is -0.799. The maximum Gasteiger partial charge on any atom is 0.400 e. The first-order valence-corrected chi connectivity index (χ1v) is 8.11. The van der Waals surface area contributed by atoms with Crippen molar-refractivity contribution in [3.63, 3.8) is 0 Å². The Morgan fingerprint density at radius 1 is 1.24 bits per heavy atom. The average molecular weight is 362 g/mol. The van der Waals surface area contributed by atoms with E-state index in [1.807, 2.05) is 18.2 Å². The number of rotatable bonds is 6. The highest BCUT2D eigenvalue weighted by molar-refractivity contribution is 6.30. The molecular formula is C18H16ClNO5. The highest BCUT2D eigenvalue weighted by Crippen LogP contribution is 2.35. The molecule has 0 radical (unpaired) electrons. The summed E-state index contributed by atoms with van der Waals surface area (Å²) >= 11 is 6.03. The van der Waals surface area contributed by atoms with Crippen LogP contribution in [0, 0.1) is 0 Å². The first-order chi connectivity index (χ1) is 12.1. The Bertz CT molecular complexity index is 859. The summed E-state index contributed by atoms with van der Waals surface area (Å²) in [5, 5.41) is 0.447. The molecule has 0 aliphatic carbocycles. The number of para-hydroxylation sites is 2. The van der Waals surface area contributed by atoms with E-state index >= 15 is 0 Å². The van der Waals surface area contributed by atoms with Crippen LogP contribution in [0.2, 0.25) is 5.02 Å². The number of halogens is 1. The zero-order chi connectivity index (χ0) is 17.8. The Kier molecular flexibility index (Phi) is 5.09. The zero-order valence-corrected chi connectivity index (χ0v) is 14.4. The van der Waals surface area contributed by atoms with Gasteiger partial charge in [0.2, 0.25) is 0 Å². The summed E-state index contributed by atoms with van der Waals surface area (Å²) in [5.41, 5.74) is 1.27. The molecule has 1 atom stereocenters. The van der Waals surface area contributed by atoms with E-state index in [1.165, 1.54) is 0 Å². The topological polar surface area (TPSA) is 70.8 Å². The number of aromatic nitrogens is 1. The van der Waals surface area contributed by atoms with Gasteiger partial charge in [-0.15, -0.1) is 0 Å². The molecule has 0 saturated heterocycles. The Balaban J connectivity index is 1.84. The van der Waals surface area contributed by atoms with Gasteiger partial charge >= 0.3 is 12.0 Å². The van der Waals surface area contributed by atoms with E-state index in [0.717, 1.165) is 0 Å². The first-order valence-electron chi connectivity index (χ1n) is 7.73. The molecule has 0 N–H and O–H groups in total. The van der Waals surface area contributed by atoms with Crippen molar-refractivity contribution < 1.29 is 23.4 Å². The number of carbonyl (C=O) groups excluding carboxylic acids is 1. The van der Waals surface area contributed by atoms with E-state index in [0.29, 0.717) is 21.9 Å². The van der Waals surface area contributed by atoms with Gasteiger partial charge in [0.05, 0.1) is 6.61 Å². The van der Waals surface area contributed by atoms with Crippen molar-refractivity contribution in [2.24, 2.45) is 0 Å². The van der Waals surface area contributed by atoms with Crippen LogP contribution in [0.5, 0.6) is 17.6 Å². The number of hydrogen-bond donors (Lipinski definition) is 0. The molecule has 7 heteroatoms. The van der Waals surface area contributed by atoms with Crippen LogP contribution in [0.1, 0.15) is 13.8 Å². The quantitative estimate of drug-likeness (QED) is 0.597. The third-order valence-electron chi connectivity index (χ3n) is 3.30. The average Bonchev–Trinajstić information content (AvgIpc) is 2.99. The van der Waals surface area contributed by atoms with E-state index in [-0.39, 0.29) is 18.4 Å². The summed E-state index contributed by atoms with van der Waals surface area (Å²) in [5.74, 6) is 0.146. The number of carbonyl (C=O) groups is 1. The number of nitrogens with zero attached hydrogens (tertiary/aromatic N) is 1. The molecule has 0 aliphatic rings. The Hall–Kier alpha value is -2.73. The lowest BCUT2D eigenvalue weighted by molar-refractivity contribution is -0.150. The number of benzene rings is 2. The van der Waals surface area contributed by atoms with E-state index in [4.69, 9.17) is 30.2 Å². The summed E-state index contributed by atoms with van der Waals surface area (Å²) in [7, 11) is 0. The minimum absolute atomic E-state index is 0.0529. The largest absolute Gasteiger partial charge is 0.475 e. The molecule has 0 fully saturated rings. The lowest BCUT2D eigenvalue weighted by atomic mass is 10.3. The fourth-order valence-electron chi connectivity index (χ4n) is 2.15.